The Morgan fingerprint density at radius 2 is 2.33 bits per heavy atom. The van der Waals surface area contributed by atoms with Gasteiger partial charge in [-0.2, -0.15) is 5.10 Å². The fourth-order valence-electron chi connectivity index (χ4n) is 0.676. The van der Waals surface area contributed by atoms with Crippen LogP contribution >= 0.6 is 0 Å². The molecule has 68 valence electrons. The van der Waals surface area contributed by atoms with Crippen LogP contribution in [0.25, 0.3) is 0 Å². The van der Waals surface area contributed by atoms with Crippen molar-refractivity contribution in [3.63, 3.8) is 0 Å². The number of hydrogen-bond acceptors (Lipinski definition) is 4. The summed E-state index contributed by atoms with van der Waals surface area (Å²) in [6.07, 6.45) is 2.47. The van der Waals surface area contributed by atoms with Crippen LogP contribution in [0.3, 0.4) is 0 Å². The largest absolute Gasteiger partial charge is 0.252 e. The first kappa shape index (κ1) is 9.14. The maximum atomic E-state index is 10.7. The zero-order chi connectivity index (χ0) is 9.19. The predicted octanol–water partition coefficient (Wildman–Crippen LogP) is -1.14. The van der Waals surface area contributed by atoms with Gasteiger partial charge in [0, 0.05) is 7.05 Å². The van der Waals surface area contributed by atoms with E-state index in [2.05, 4.69) is 14.8 Å². The van der Waals surface area contributed by atoms with Crippen LogP contribution in [0.4, 0.5) is 0 Å². The average molecular weight is 190 g/mol. The summed E-state index contributed by atoms with van der Waals surface area (Å²) in [6.45, 7) is 0.176. The lowest BCUT2D eigenvalue weighted by Crippen LogP contribution is -2.23. The summed E-state index contributed by atoms with van der Waals surface area (Å²) in [6, 6.07) is 0. The van der Waals surface area contributed by atoms with Crippen molar-refractivity contribution in [3.8, 4) is 0 Å². The molecular formula is C5H10N4O2S. The summed E-state index contributed by atoms with van der Waals surface area (Å²) in [5.41, 5.74) is 0. The molecule has 1 N–H and O–H groups in total. The molecule has 6 nitrogen and oxygen atoms in total. The van der Waals surface area contributed by atoms with Crippen LogP contribution in [0, 0.1) is 0 Å². The Bertz CT molecular complexity index is 355. The van der Waals surface area contributed by atoms with Crippen molar-refractivity contribution < 1.29 is 8.42 Å². The molecule has 0 aromatic carbocycles. The smallest absolute Gasteiger partial charge is 0.209 e. The summed E-state index contributed by atoms with van der Waals surface area (Å²) in [5.74, 6) is 0.584. The van der Waals surface area contributed by atoms with Gasteiger partial charge in [-0.25, -0.2) is 18.1 Å². The van der Waals surface area contributed by atoms with Crippen molar-refractivity contribution in [2.45, 2.75) is 6.54 Å². The van der Waals surface area contributed by atoms with E-state index in [0.29, 0.717) is 5.82 Å². The SMILES string of the molecule is Cn1ncnc1CNS(C)(=O)=O. The summed E-state index contributed by atoms with van der Waals surface area (Å²) < 4.78 is 25.2. The van der Waals surface area contributed by atoms with Crippen molar-refractivity contribution in [2.75, 3.05) is 6.26 Å². The fraction of sp³-hybridized carbons (Fsp3) is 0.600. The Morgan fingerprint density at radius 1 is 1.67 bits per heavy atom. The predicted molar refractivity (Wildman–Crippen MR) is 42.7 cm³/mol. The third-order valence-electron chi connectivity index (χ3n) is 1.30. The van der Waals surface area contributed by atoms with Crippen LogP contribution in [-0.2, 0) is 23.6 Å². The molecule has 0 bridgehead atoms. The molecule has 0 saturated heterocycles. The maximum Gasteiger partial charge on any atom is 0.209 e. The first-order valence-electron chi connectivity index (χ1n) is 3.26. The molecule has 0 unspecified atom stereocenters. The fourth-order valence-corrected chi connectivity index (χ4v) is 1.07. The highest BCUT2D eigenvalue weighted by Crippen LogP contribution is 1.90. The zero-order valence-corrected chi connectivity index (χ0v) is 7.67. The Morgan fingerprint density at radius 3 is 2.75 bits per heavy atom. The Hall–Kier alpha value is -0.950. The lowest BCUT2D eigenvalue weighted by atomic mass is 10.6. The van der Waals surface area contributed by atoms with E-state index in [1.54, 1.807) is 7.05 Å². The molecular weight excluding hydrogens is 180 g/mol. The standard InChI is InChI=1S/C5H10N4O2S/c1-9-5(6-4-7-9)3-8-12(2,10)11/h4,8H,3H2,1-2H3. The van der Waals surface area contributed by atoms with Gasteiger partial charge in [-0.15, -0.1) is 0 Å². The number of aryl methyl sites for hydroxylation is 1. The minimum absolute atomic E-state index is 0.176. The van der Waals surface area contributed by atoms with Crippen molar-refractivity contribution in [1.29, 1.82) is 0 Å². The quantitative estimate of drug-likeness (QED) is 0.654. The van der Waals surface area contributed by atoms with Crippen molar-refractivity contribution >= 4 is 10.0 Å². The van der Waals surface area contributed by atoms with E-state index in [9.17, 15) is 8.42 Å². The van der Waals surface area contributed by atoms with Gasteiger partial charge in [-0.05, 0) is 0 Å². The molecule has 0 fully saturated rings. The van der Waals surface area contributed by atoms with Gasteiger partial charge in [0.1, 0.15) is 12.2 Å². The van der Waals surface area contributed by atoms with E-state index in [0.717, 1.165) is 6.26 Å². The molecule has 0 aliphatic carbocycles. The molecule has 0 amide bonds. The van der Waals surface area contributed by atoms with E-state index in [1.165, 1.54) is 11.0 Å². The molecule has 1 aromatic heterocycles. The van der Waals surface area contributed by atoms with Crippen LogP contribution in [0.5, 0.6) is 0 Å². The third-order valence-corrected chi connectivity index (χ3v) is 1.97. The first-order valence-corrected chi connectivity index (χ1v) is 5.16. The number of aromatic nitrogens is 3. The Balaban J connectivity index is 2.61. The first-order chi connectivity index (χ1) is 5.49. The number of nitrogens with zero attached hydrogens (tertiary/aromatic N) is 3. The van der Waals surface area contributed by atoms with Crippen LogP contribution in [0.1, 0.15) is 5.82 Å². The molecule has 0 radical (unpaired) electrons. The van der Waals surface area contributed by atoms with E-state index in [4.69, 9.17) is 0 Å². The van der Waals surface area contributed by atoms with Crippen LogP contribution in [0.2, 0.25) is 0 Å². The average Bonchev–Trinajstić information content (AvgIpc) is 2.29. The van der Waals surface area contributed by atoms with Crippen LogP contribution in [0.15, 0.2) is 6.33 Å². The van der Waals surface area contributed by atoms with Gasteiger partial charge in [-0.3, -0.25) is 4.68 Å². The lowest BCUT2D eigenvalue weighted by Gasteiger charge is -2.00. The zero-order valence-electron chi connectivity index (χ0n) is 6.85. The second kappa shape index (κ2) is 3.20. The van der Waals surface area contributed by atoms with Crippen molar-refractivity contribution in [3.05, 3.63) is 12.2 Å². The van der Waals surface area contributed by atoms with Crippen LogP contribution < -0.4 is 4.72 Å². The summed E-state index contributed by atoms with van der Waals surface area (Å²) in [4.78, 5) is 3.84. The maximum absolute atomic E-state index is 10.7. The van der Waals surface area contributed by atoms with E-state index in [-0.39, 0.29) is 6.54 Å². The second-order valence-corrected chi connectivity index (χ2v) is 4.23. The van der Waals surface area contributed by atoms with E-state index in [1.807, 2.05) is 0 Å². The van der Waals surface area contributed by atoms with Gasteiger partial charge in [0.15, 0.2) is 0 Å². The highest BCUT2D eigenvalue weighted by atomic mass is 32.2. The lowest BCUT2D eigenvalue weighted by molar-refractivity contribution is 0.581. The molecule has 0 spiro atoms. The number of nitrogens with one attached hydrogen (secondary N) is 1. The third kappa shape index (κ3) is 2.59. The normalized spacial score (nSPS) is 11.8. The molecule has 12 heavy (non-hydrogen) atoms. The minimum atomic E-state index is -3.15. The van der Waals surface area contributed by atoms with Crippen molar-refractivity contribution in [2.24, 2.45) is 7.05 Å². The molecule has 1 heterocycles. The molecule has 0 aliphatic rings. The number of hydrogen-bond donors (Lipinski definition) is 1. The van der Waals surface area contributed by atoms with Gasteiger partial charge in [0.2, 0.25) is 10.0 Å². The van der Waals surface area contributed by atoms with Crippen LogP contribution in [-0.4, -0.2) is 29.4 Å². The Labute approximate surface area is 70.7 Å². The van der Waals surface area contributed by atoms with Gasteiger partial charge < -0.3 is 0 Å². The summed E-state index contributed by atoms with van der Waals surface area (Å²) >= 11 is 0. The molecule has 1 rings (SSSR count). The molecule has 0 atom stereocenters. The topological polar surface area (TPSA) is 76.9 Å². The van der Waals surface area contributed by atoms with Crippen molar-refractivity contribution in [1.82, 2.24) is 19.5 Å². The van der Waals surface area contributed by atoms with E-state index < -0.39 is 10.0 Å². The second-order valence-electron chi connectivity index (χ2n) is 2.39. The minimum Gasteiger partial charge on any atom is -0.252 e. The Kier molecular flexibility index (Phi) is 2.43. The summed E-state index contributed by atoms with van der Waals surface area (Å²) in [7, 11) is -1.45. The van der Waals surface area contributed by atoms with Gasteiger partial charge in [0.25, 0.3) is 0 Å². The highest BCUT2D eigenvalue weighted by molar-refractivity contribution is 7.88. The monoisotopic (exact) mass is 190 g/mol. The highest BCUT2D eigenvalue weighted by Gasteiger charge is 2.04. The molecule has 7 heteroatoms. The van der Waals surface area contributed by atoms with E-state index >= 15 is 0 Å². The summed E-state index contributed by atoms with van der Waals surface area (Å²) in [5, 5.41) is 3.79. The molecule has 0 saturated carbocycles. The van der Waals surface area contributed by atoms with Gasteiger partial charge in [-0.1, -0.05) is 0 Å². The van der Waals surface area contributed by atoms with Gasteiger partial charge in [0.05, 0.1) is 12.8 Å². The number of rotatable bonds is 3. The van der Waals surface area contributed by atoms with Gasteiger partial charge >= 0.3 is 0 Å². The molecule has 1 aromatic rings. The number of sulfonamides is 1. The molecule has 0 aliphatic heterocycles.